The lowest BCUT2D eigenvalue weighted by molar-refractivity contribution is -0.117. The third-order valence-corrected chi connectivity index (χ3v) is 2.81. The minimum Gasteiger partial charge on any atom is -0.497 e. The van der Waals surface area contributed by atoms with Gasteiger partial charge in [0.15, 0.2) is 0 Å². The van der Waals surface area contributed by atoms with Gasteiger partial charge in [-0.3, -0.25) is 4.79 Å². The van der Waals surface area contributed by atoms with E-state index in [9.17, 15) is 4.79 Å². The van der Waals surface area contributed by atoms with Crippen LogP contribution in [0.15, 0.2) is 42.5 Å². The van der Waals surface area contributed by atoms with Gasteiger partial charge >= 0.3 is 0 Å². The second kappa shape index (κ2) is 8.04. The van der Waals surface area contributed by atoms with E-state index in [0.29, 0.717) is 0 Å². The number of hydrogen-bond donors (Lipinski definition) is 1. The van der Waals surface area contributed by atoms with Crippen LogP contribution in [-0.2, 0) is 4.79 Å². The van der Waals surface area contributed by atoms with Crippen molar-refractivity contribution in [3.8, 4) is 11.5 Å². The highest BCUT2D eigenvalue weighted by molar-refractivity contribution is 5.88. The Morgan fingerprint density at radius 2 is 2.00 bits per heavy atom. The van der Waals surface area contributed by atoms with Crippen LogP contribution >= 0.6 is 0 Å². The Kier molecular flexibility index (Phi) is 6.37. The summed E-state index contributed by atoms with van der Waals surface area (Å²) in [7, 11) is 3.21. The van der Waals surface area contributed by atoms with Crippen LogP contribution in [0.4, 0.5) is 0 Å². The van der Waals surface area contributed by atoms with Crippen LogP contribution in [-0.4, -0.2) is 20.1 Å². The molecule has 0 saturated carbocycles. The highest BCUT2D eigenvalue weighted by Crippen LogP contribution is 2.29. The number of benzene rings is 1. The van der Waals surface area contributed by atoms with E-state index in [1.165, 1.54) is 6.08 Å². The van der Waals surface area contributed by atoms with Crippen molar-refractivity contribution in [2.24, 2.45) is 0 Å². The van der Waals surface area contributed by atoms with E-state index >= 15 is 0 Å². The van der Waals surface area contributed by atoms with Crippen LogP contribution in [0.3, 0.4) is 0 Å². The van der Waals surface area contributed by atoms with Crippen molar-refractivity contribution >= 4 is 5.91 Å². The molecule has 0 aliphatic carbocycles. The van der Waals surface area contributed by atoms with Gasteiger partial charge in [-0.25, -0.2) is 0 Å². The Labute approximate surface area is 120 Å². The van der Waals surface area contributed by atoms with Gasteiger partial charge < -0.3 is 14.8 Å². The van der Waals surface area contributed by atoms with Gasteiger partial charge in [-0.1, -0.05) is 18.2 Å². The largest absolute Gasteiger partial charge is 0.497 e. The van der Waals surface area contributed by atoms with Crippen LogP contribution < -0.4 is 14.8 Å². The molecule has 1 aromatic rings. The summed E-state index contributed by atoms with van der Waals surface area (Å²) in [5.41, 5.74) is 0.875. The van der Waals surface area contributed by atoms with Crippen molar-refractivity contribution in [1.82, 2.24) is 5.32 Å². The molecule has 1 rings (SSSR count). The molecule has 1 amide bonds. The molecule has 0 aliphatic heterocycles. The summed E-state index contributed by atoms with van der Waals surface area (Å²) in [6.45, 7) is 3.80. The van der Waals surface area contributed by atoms with Crippen LogP contribution in [0.25, 0.3) is 0 Å². The zero-order chi connectivity index (χ0) is 15.0. The van der Waals surface area contributed by atoms with Gasteiger partial charge in [-0.05, 0) is 32.0 Å². The van der Waals surface area contributed by atoms with Crippen LogP contribution in [0.2, 0.25) is 0 Å². The highest BCUT2D eigenvalue weighted by Gasteiger charge is 2.14. The van der Waals surface area contributed by atoms with E-state index in [-0.39, 0.29) is 11.9 Å². The van der Waals surface area contributed by atoms with Gasteiger partial charge in [0.05, 0.1) is 20.3 Å². The maximum atomic E-state index is 11.8. The molecule has 0 aromatic heterocycles. The van der Waals surface area contributed by atoms with Gasteiger partial charge in [0.25, 0.3) is 0 Å². The van der Waals surface area contributed by atoms with E-state index in [2.05, 4.69) is 5.32 Å². The molecule has 108 valence electrons. The molecule has 0 saturated heterocycles. The maximum absolute atomic E-state index is 11.8. The summed E-state index contributed by atoms with van der Waals surface area (Å²) in [6.07, 6.45) is 6.85. The summed E-state index contributed by atoms with van der Waals surface area (Å²) < 4.78 is 10.5. The number of rotatable bonds is 6. The van der Waals surface area contributed by atoms with E-state index in [0.717, 1.165) is 17.1 Å². The number of hydrogen-bond acceptors (Lipinski definition) is 3. The summed E-state index contributed by atoms with van der Waals surface area (Å²) in [5, 5.41) is 2.89. The zero-order valence-corrected chi connectivity index (χ0v) is 12.3. The molecule has 0 unspecified atom stereocenters. The molecule has 1 aromatic carbocycles. The molecule has 20 heavy (non-hydrogen) atoms. The summed E-state index contributed by atoms with van der Waals surface area (Å²) in [5.74, 6) is 1.29. The quantitative estimate of drug-likeness (QED) is 0.641. The van der Waals surface area contributed by atoms with Gasteiger partial charge in [0.1, 0.15) is 11.5 Å². The highest BCUT2D eigenvalue weighted by atomic mass is 16.5. The molecule has 1 N–H and O–H groups in total. The van der Waals surface area contributed by atoms with Crippen molar-refractivity contribution in [1.29, 1.82) is 0 Å². The number of allylic oxidation sites excluding steroid dienone is 3. The normalized spacial score (nSPS) is 12.6. The van der Waals surface area contributed by atoms with Gasteiger partial charge in [0, 0.05) is 11.6 Å². The number of amides is 1. The van der Waals surface area contributed by atoms with Gasteiger partial charge in [0.2, 0.25) is 5.91 Å². The lowest BCUT2D eigenvalue weighted by Gasteiger charge is -2.17. The number of carbonyl (C=O) groups is 1. The first-order chi connectivity index (χ1) is 9.62. The van der Waals surface area contributed by atoms with Crippen LogP contribution in [0.1, 0.15) is 25.5 Å². The molecule has 4 heteroatoms. The first-order valence-electron chi connectivity index (χ1n) is 6.44. The molecule has 0 aliphatic rings. The van der Waals surface area contributed by atoms with E-state index in [1.54, 1.807) is 26.4 Å². The third-order valence-electron chi connectivity index (χ3n) is 2.81. The number of ether oxygens (including phenoxy) is 2. The van der Waals surface area contributed by atoms with E-state index in [1.807, 2.05) is 38.1 Å². The fourth-order valence-electron chi connectivity index (χ4n) is 1.77. The van der Waals surface area contributed by atoms with Crippen molar-refractivity contribution < 1.29 is 14.3 Å². The Morgan fingerprint density at radius 3 is 2.60 bits per heavy atom. The zero-order valence-electron chi connectivity index (χ0n) is 12.3. The fraction of sp³-hybridized carbons (Fsp3) is 0.312. The molecule has 0 fully saturated rings. The molecule has 4 nitrogen and oxygen atoms in total. The molecule has 1 atom stereocenters. The first kappa shape index (κ1) is 15.8. The minimum atomic E-state index is -0.178. The molecule has 0 heterocycles. The topological polar surface area (TPSA) is 47.6 Å². The Bertz CT molecular complexity index is 506. The lowest BCUT2D eigenvalue weighted by atomic mass is 10.1. The average molecular weight is 275 g/mol. The Morgan fingerprint density at radius 1 is 1.25 bits per heavy atom. The predicted molar refractivity (Wildman–Crippen MR) is 80.1 cm³/mol. The second-order valence-corrected chi connectivity index (χ2v) is 4.22. The maximum Gasteiger partial charge on any atom is 0.244 e. The third kappa shape index (κ3) is 4.46. The Hall–Kier alpha value is -2.23. The molecule has 0 radical (unpaired) electrons. The summed E-state index contributed by atoms with van der Waals surface area (Å²) in [6, 6.07) is 5.33. The number of nitrogens with one attached hydrogen (secondary N) is 1. The van der Waals surface area contributed by atoms with E-state index in [4.69, 9.17) is 9.47 Å². The second-order valence-electron chi connectivity index (χ2n) is 4.22. The monoisotopic (exact) mass is 275 g/mol. The molecule has 0 bridgehead atoms. The first-order valence-corrected chi connectivity index (χ1v) is 6.44. The molecule has 0 spiro atoms. The summed E-state index contributed by atoms with van der Waals surface area (Å²) in [4.78, 5) is 11.8. The van der Waals surface area contributed by atoms with Crippen molar-refractivity contribution in [3.05, 3.63) is 48.1 Å². The molecular weight excluding hydrogens is 254 g/mol. The van der Waals surface area contributed by atoms with Gasteiger partial charge in [-0.2, -0.15) is 0 Å². The fourth-order valence-corrected chi connectivity index (χ4v) is 1.77. The Balaban J connectivity index is 2.85. The van der Waals surface area contributed by atoms with Gasteiger partial charge in [-0.15, -0.1) is 0 Å². The van der Waals surface area contributed by atoms with Crippen molar-refractivity contribution in [2.75, 3.05) is 14.2 Å². The van der Waals surface area contributed by atoms with E-state index < -0.39 is 0 Å². The van der Waals surface area contributed by atoms with Crippen molar-refractivity contribution in [2.45, 2.75) is 19.9 Å². The van der Waals surface area contributed by atoms with Crippen LogP contribution in [0.5, 0.6) is 11.5 Å². The van der Waals surface area contributed by atoms with Crippen LogP contribution in [0, 0.1) is 0 Å². The summed E-state index contributed by atoms with van der Waals surface area (Å²) >= 11 is 0. The molecular formula is C16H21NO3. The SMILES string of the molecule is C/C=C/C=C/C(=O)N[C@H](C)c1cc(OC)ccc1OC. The average Bonchev–Trinajstić information content (AvgIpc) is 2.46. The predicted octanol–water partition coefficient (Wildman–Crippen LogP) is 3.01. The standard InChI is InChI=1S/C16H21NO3/c1-5-6-7-8-16(18)17-12(2)14-11-13(19-3)9-10-15(14)20-4/h5-12H,1-4H3,(H,17,18)/b6-5+,8-7+/t12-/m1/s1. The number of carbonyl (C=O) groups excluding carboxylic acids is 1. The smallest absolute Gasteiger partial charge is 0.244 e. The van der Waals surface area contributed by atoms with Crippen molar-refractivity contribution in [3.63, 3.8) is 0 Å². The lowest BCUT2D eigenvalue weighted by Crippen LogP contribution is -2.25. The number of methoxy groups -OCH3 is 2. The minimum absolute atomic E-state index is 0.152.